The van der Waals surface area contributed by atoms with E-state index in [9.17, 15) is 4.39 Å². The summed E-state index contributed by atoms with van der Waals surface area (Å²) in [6, 6.07) is 4.86. The Morgan fingerprint density at radius 1 is 1.44 bits per heavy atom. The zero-order valence-electron chi connectivity index (χ0n) is 10.5. The molecule has 0 fully saturated rings. The summed E-state index contributed by atoms with van der Waals surface area (Å²) >= 11 is 1.59. The van der Waals surface area contributed by atoms with Crippen molar-refractivity contribution in [3.63, 3.8) is 0 Å². The number of nitrogens with one attached hydrogen (secondary N) is 1. The van der Waals surface area contributed by atoms with Crippen LogP contribution in [-0.4, -0.2) is 19.1 Å². The number of rotatable bonds is 4. The van der Waals surface area contributed by atoms with E-state index >= 15 is 0 Å². The van der Waals surface area contributed by atoms with Gasteiger partial charge in [0.1, 0.15) is 0 Å². The van der Waals surface area contributed by atoms with Crippen molar-refractivity contribution in [3.05, 3.63) is 45.7 Å². The summed E-state index contributed by atoms with van der Waals surface area (Å²) in [5, 5.41) is 6.13. The summed E-state index contributed by atoms with van der Waals surface area (Å²) in [4.78, 5) is 4.43. The first-order valence-corrected chi connectivity index (χ1v) is 6.46. The smallest absolute Gasteiger partial charge is 0.165 e. The van der Waals surface area contributed by atoms with E-state index in [0.29, 0.717) is 0 Å². The standard InChI is InChI=1S/C13H15FN2OS/c1-8-16-11(7-18-8)13(15-2)9-4-5-12(17-3)10(14)6-9/h4-7,13,15H,1-3H3. The van der Waals surface area contributed by atoms with Gasteiger partial charge in [-0.2, -0.15) is 0 Å². The maximum atomic E-state index is 13.7. The average molecular weight is 266 g/mol. The highest BCUT2D eigenvalue weighted by Gasteiger charge is 2.16. The fourth-order valence-corrected chi connectivity index (χ4v) is 2.50. The van der Waals surface area contributed by atoms with Gasteiger partial charge in [-0.25, -0.2) is 9.37 Å². The molecule has 0 amide bonds. The first-order chi connectivity index (χ1) is 8.65. The number of hydrogen-bond acceptors (Lipinski definition) is 4. The Labute approximate surface area is 110 Å². The molecule has 1 atom stereocenters. The van der Waals surface area contributed by atoms with Crippen molar-refractivity contribution in [1.82, 2.24) is 10.3 Å². The van der Waals surface area contributed by atoms with Crippen molar-refractivity contribution >= 4 is 11.3 Å². The molecule has 2 rings (SSSR count). The van der Waals surface area contributed by atoms with Crippen LogP contribution in [-0.2, 0) is 0 Å². The van der Waals surface area contributed by atoms with Crippen LogP contribution in [0.1, 0.15) is 22.3 Å². The van der Waals surface area contributed by atoms with Crippen LogP contribution in [0.3, 0.4) is 0 Å². The number of methoxy groups -OCH3 is 1. The van der Waals surface area contributed by atoms with Crippen molar-refractivity contribution in [2.75, 3.05) is 14.2 Å². The van der Waals surface area contributed by atoms with Gasteiger partial charge in [0, 0.05) is 5.38 Å². The molecule has 0 bridgehead atoms. The summed E-state index contributed by atoms with van der Waals surface area (Å²) in [7, 11) is 3.29. The van der Waals surface area contributed by atoms with Crippen LogP contribution >= 0.6 is 11.3 Å². The Balaban J connectivity index is 2.36. The second-order valence-electron chi connectivity index (χ2n) is 3.91. The summed E-state index contributed by atoms with van der Waals surface area (Å²) in [5.74, 6) is -0.106. The highest BCUT2D eigenvalue weighted by molar-refractivity contribution is 7.09. The van der Waals surface area contributed by atoms with E-state index < -0.39 is 0 Å². The monoisotopic (exact) mass is 266 g/mol. The van der Waals surface area contributed by atoms with E-state index in [4.69, 9.17) is 4.74 Å². The van der Waals surface area contributed by atoms with Crippen molar-refractivity contribution in [2.24, 2.45) is 0 Å². The Bertz CT molecular complexity index is 542. The molecule has 0 saturated heterocycles. The average Bonchev–Trinajstić information content (AvgIpc) is 2.77. The van der Waals surface area contributed by atoms with Crippen molar-refractivity contribution < 1.29 is 9.13 Å². The van der Waals surface area contributed by atoms with Gasteiger partial charge in [0.15, 0.2) is 11.6 Å². The van der Waals surface area contributed by atoms with E-state index in [1.165, 1.54) is 13.2 Å². The molecule has 3 nitrogen and oxygen atoms in total. The minimum absolute atomic E-state index is 0.102. The third kappa shape index (κ3) is 2.52. The van der Waals surface area contributed by atoms with Gasteiger partial charge in [-0.15, -0.1) is 11.3 Å². The molecule has 0 aliphatic heterocycles. The van der Waals surface area contributed by atoms with Gasteiger partial charge in [0.05, 0.1) is 23.9 Å². The molecule has 1 N–H and O–H groups in total. The molecule has 0 radical (unpaired) electrons. The Morgan fingerprint density at radius 3 is 2.72 bits per heavy atom. The Kier molecular flexibility index (Phi) is 3.93. The Hall–Kier alpha value is -1.46. The lowest BCUT2D eigenvalue weighted by molar-refractivity contribution is 0.386. The van der Waals surface area contributed by atoms with Crippen LogP contribution in [0.15, 0.2) is 23.6 Å². The maximum absolute atomic E-state index is 13.7. The summed E-state index contributed by atoms with van der Waals surface area (Å²) in [6.07, 6.45) is 0. The predicted octanol–water partition coefficient (Wildman–Crippen LogP) is 2.91. The van der Waals surface area contributed by atoms with Crippen LogP contribution < -0.4 is 10.1 Å². The van der Waals surface area contributed by atoms with Crippen LogP contribution in [0.2, 0.25) is 0 Å². The normalized spacial score (nSPS) is 12.4. The minimum atomic E-state index is -0.359. The molecular formula is C13H15FN2OS. The molecule has 1 aromatic heterocycles. The fourth-order valence-electron chi connectivity index (χ4n) is 1.86. The number of aryl methyl sites for hydroxylation is 1. The number of halogens is 1. The predicted molar refractivity (Wildman–Crippen MR) is 70.7 cm³/mol. The lowest BCUT2D eigenvalue weighted by Crippen LogP contribution is -2.18. The number of nitrogens with zero attached hydrogens (tertiary/aromatic N) is 1. The minimum Gasteiger partial charge on any atom is -0.494 e. The first kappa shape index (κ1) is 13.0. The summed E-state index contributed by atoms with van der Waals surface area (Å²) < 4.78 is 18.6. The molecular weight excluding hydrogens is 251 g/mol. The van der Waals surface area contributed by atoms with Crippen molar-refractivity contribution in [1.29, 1.82) is 0 Å². The van der Waals surface area contributed by atoms with Gasteiger partial charge < -0.3 is 10.1 Å². The van der Waals surface area contributed by atoms with Gasteiger partial charge >= 0.3 is 0 Å². The van der Waals surface area contributed by atoms with E-state index in [1.54, 1.807) is 17.4 Å². The molecule has 18 heavy (non-hydrogen) atoms. The van der Waals surface area contributed by atoms with Crippen LogP contribution in [0.4, 0.5) is 4.39 Å². The molecule has 1 unspecified atom stereocenters. The fraction of sp³-hybridized carbons (Fsp3) is 0.308. The molecule has 5 heteroatoms. The summed E-state index contributed by atoms with van der Waals surface area (Å²) in [6.45, 7) is 1.95. The number of aromatic nitrogens is 1. The van der Waals surface area contributed by atoms with Gasteiger partial charge in [-0.3, -0.25) is 0 Å². The van der Waals surface area contributed by atoms with E-state index in [1.807, 2.05) is 25.4 Å². The van der Waals surface area contributed by atoms with Crippen LogP contribution in [0.25, 0.3) is 0 Å². The molecule has 1 aromatic carbocycles. The molecule has 1 heterocycles. The quantitative estimate of drug-likeness (QED) is 0.924. The maximum Gasteiger partial charge on any atom is 0.165 e. The number of hydrogen-bond donors (Lipinski definition) is 1. The molecule has 0 aliphatic rings. The molecule has 0 saturated carbocycles. The molecule has 2 aromatic rings. The largest absolute Gasteiger partial charge is 0.494 e. The molecule has 96 valence electrons. The second-order valence-corrected chi connectivity index (χ2v) is 4.97. The lowest BCUT2D eigenvalue weighted by atomic mass is 10.0. The zero-order valence-corrected chi connectivity index (χ0v) is 11.3. The van der Waals surface area contributed by atoms with Gasteiger partial charge in [-0.05, 0) is 31.7 Å². The number of benzene rings is 1. The van der Waals surface area contributed by atoms with E-state index in [0.717, 1.165) is 16.3 Å². The third-order valence-corrected chi connectivity index (χ3v) is 3.52. The third-order valence-electron chi connectivity index (χ3n) is 2.73. The highest BCUT2D eigenvalue weighted by Crippen LogP contribution is 2.26. The van der Waals surface area contributed by atoms with Gasteiger partial charge in [0.25, 0.3) is 0 Å². The number of thiazole rings is 1. The molecule has 0 spiro atoms. The first-order valence-electron chi connectivity index (χ1n) is 5.58. The van der Waals surface area contributed by atoms with E-state index in [2.05, 4.69) is 10.3 Å². The molecule has 0 aliphatic carbocycles. The van der Waals surface area contributed by atoms with Crippen molar-refractivity contribution in [3.8, 4) is 5.75 Å². The summed E-state index contributed by atoms with van der Waals surface area (Å²) in [5.41, 5.74) is 1.74. The van der Waals surface area contributed by atoms with Crippen molar-refractivity contribution in [2.45, 2.75) is 13.0 Å². The van der Waals surface area contributed by atoms with Crippen LogP contribution in [0.5, 0.6) is 5.75 Å². The van der Waals surface area contributed by atoms with Gasteiger partial charge in [0.2, 0.25) is 0 Å². The SMILES string of the molecule is CNC(c1ccc(OC)c(F)c1)c1csc(C)n1. The highest BCUT2D eigenvalue weighted by atomic mass is 32.1. The zero-order chi connectivity index (χ0) is 13.1. The van der Waals surface area contributed by atoms with Gasteiger partial charge in [-0.1, -0.05) is 6.07 Å². The topological polar surface area (TPSA) is 34.1 Å². The lowest BCUT2D eigenvalue weighted by Gasteiger charge is -2.15. The van der Waals surface area contributed by atoms with Crippen LogP contribution in [0, 0.1) is 12.7 Å². The Morgan fingerprint density at radius 2 is 2.22 bits per heavy atom. The van der Waals surface area contributed by atoms with E-state index in [-0.39, 0.29) is 17.6 Å². The number of ether oxygens (including phenoxy) is 1. The second kappa shape index (κ2) is 5.46.